The van der Waals surface area contributed by atoms with Crippen LogP contribution in [0.1, 0.15) is 55.4 Å². The van der Waals surface area contributed by atoms with Gasteiger partial charge in [-0.2, -0.15) is 0 Å². The van der Waals surface area contributed by atoms with Crippen molar-refractivity contribution in [2.24, 2.45) is 0 Å². The Labute approximate surface area is 288 Å². The maximum absolute atomic E-state index is 6.25. The van der Waals surface area contributed by atoms with E-state index in [0.717, 1.165) is 0 Å². The molecule has 256 valence electrons. The van der Waals surface area contributed by atoms with Gasteiger partial charge in [-0.25, -0.2) is 0 Å². The lowest BCUT2D eigenvalue weighted by Crippen LogP contribution is -2.58. The van der Waals surface area contributed by atoms with Gasteiger partial charge in [0, 0.05) is 0 Å². The minimum atomic E-state index is -1.42. The summed E-state index contributed by atoms with van der Waals surface area (Å²) in [6.07, 6.45) is 0. The molecular formula is C36H66B2O4Si4. The molecular weight excluding hydrogens is 630 g/mol. The van der Waals surface area contributed by atoms with Crippen LogP contribution in [0.25, 0.3) is 0 Å². The van der Waals surface area contributed by atoms with Crippen molar-refractivity contribution < 1.29 is 18.6 Å². The fraction of sp³-hybridized carbons (Fsp3) is 0.667. The lowest BCUT2D eigenvalue weighted by atomic mass is 9.79. The van der Waals surface area contributed by atoms with Crippen LogP contribution in [-0.2, 0) is 18.6 Å². The zero-order valence-electron chi connectivity index (χ0n) is 33.3. The fourth-order valence-corrected chi connectivity index (χ4v) is 16.3. The van der Waals surface area contributed by atoms with Crippen LogP contribution < -0.4 is 31.7 Å². The third kappa shape index (κ3) is 8.52. The summed E-state index contributed by atoms with van der Waals surface area (Å²) < 4.78 is 25.0. The van der Waals surface area contributed by atoms with E-state index >= 15 is 0 Å². The van der Waals surface area contributed by atoms with Gasteiger partial charge in [-0.1, -0.05) is 136 Å². The van der Waals surface area contributed by atoms with E-state index in [-0.39, 0.29) is 36.6 Å². The Kier molecular flexibility index (Phi) is 10.8. The first kappa shape index (κ1) is 39.7. The molecule has 4 nitrogen and oxygen atoms in total. The maximum atomic E-state index is 6.25. The lowest BCUT2D eigenvalue weighted by Gasteiger charge is -2.32. The number of hydrogen-bond acceptors (Lipinski definition) is 4. The Balaban J connectivity index is 0.000000250. The van der Waals surface area contributed by atoms with Gasteiger partial charge in [-0.05, 0) is 66.3 Å². The topological polar surface area (TPSA) is 36.9 Å². The van der Waals surface area contributed by atoms with Gasteiger partial charge in [0.1, 0.15) is 0 Å². The molecule has 2 aromatic rings. The zero-order valence-corrected chi connectivity index (χ0v) is 37.3. The summed E-state index contributed by atoms with van der Waals surface area (Å²) in [7, 11) is -6.06. The summed E-state index contributed by atoms with van der Waals surface area (Å²) in [5.74, 6) is 0. The highest BCUT2D eigenvalue weighted by molar-refractivity contribution is 6.99. The Morgan fingerprint density at radius 3 is 0.783 bits per heavy atom. The molecule has 2 fully saturated rings. The molecule has 0 amide bonds. The van der Waals surface area contributed by atoms with Crippen molar-refractivity contribution in [1.82, 2.24) is 0 Å². The smallest absolute Gasteiger partial charge is 0.399 e. The predicted molar refractivity (Wildman–Crippen MR) is 216 cm³/mol. The van der Waals surface area contributed by atoms with Gasteiger partial charge in [0.2, 0.25) is 0 Å². The van der Waals surface area contributed by atoms with Crippen molar-refractivity contribution in [3.05, 3.63) is 36.4 Å². The van der Waals surface area contributed by atoms with E-state index in [1.54, 1.807) is 20.7 Å². The van der Waals surface area contributed by atoms with Crippen LogP contribution >= 0.6 is 0 Å². The SMILES string of the molecule is CC1(C)OB(c2ccc([Si](C)(C)C)c([Si](C)(C)C)c2)OC1(C)C.CC1(C)OB(c2ccc([Si](C)(C)C)c([Si](C)(C)C)c2)OC1(C)C. The maximum Gasteiger partial charge on any atom is 0.494 e. The normalized spacial score (nSPS) is 20.9. The largest absolute Gasteiger partial charge is 0.494 e. The molecule has 4 rings (SSSR count). The molecule has 0 spiro atoms. The quantitative estimate of drug-likeness (QED) is 0.340. The fourth-order valence-electron chi connectivity index (χ4n) is 5.92. The van der Waals surface area contributed by atoms with Crippen LogP contribution in [0.15, 0.2) is 36.4 Å². The molecule has 0 N–H and O–H groups in total. The van der Waals surface area contributed by atoms with Crippen molar-refractivity contribution in [3.63, 3.8) is 0 Å². The van der Waals surface area contributed by atoms with Gasteiger partial charge in [0.25, 0.3) is 0 Å². The van der Waals surface area contributed by atoms with E-state index in [1.165, 1.54) is 10.9 Å². The second-order valence-corrected chi connectivity index (χ2v) is 39.9. The van der Waals surface area contributed by atoms with Crippen molar-refractivity contribution in [1.29, 1.82) is 0 Å². The highest BCUT2D eigenvalue weighted by Crippen LogP contribution is 2.37. The third-order valence-electron chi connectivity index (χ3n) is 10.4. The first-order valence-electron chi connectivity index (χ1n) is 17.3. The van der Waals surface area contributed by atoms with Gasteiger partial charge >= 0.3 is 14.2 Å². The average Bonchev–Trinajstić information content (AvgIpc) is 3.21. The molecule has 2 aliphatic rings. The summed E-state index contributed by atoms with van der Waals surface area (Å²) in [6.45, 7) is 46.1. The Morgan fingerprint density at radius 1 is 0.370 bits per heavy atom. The molecule has 46 heavy (non-hydrogen) atoms. The van der Waals surface area contributed by atoms with Crippen molar-refractivity contribution in [2.75, 3.05) is 0 Å². The van der Waals surface area contributed by atoms with E-state index in [9.17, 15) is 0 Å². The van der Waals surface area contributed by atoms with Gasteiger partial charge in [0.05, 0.1) is 54.7 Å². The number of rotatable bonds is 6. The summed E-state index contributed by atoms with van der Waals surface area (Å²) in [5, 5.41) is 6.33. The molecule has 0 aliphatic carbocycles. The van der Waals surface area contributed by atoms with E-state index in [0.29, 0.717) is 0 Å². The molecule has 0 bridgehead atoms. The Morgan fingerprint density at radius 2 is 0.587 bits per heavy atom. The minimum Gasteiger partial charge on any atom is -0.399 e. The Bertz CT molecular complexity index is 1270. The molecule has 2 saturated heterocycles. The first-order chi connectivity index (χ1) is 20.3. The molecule has 0 radical (unpaired) electrons. The Hall–Kier alpha value is -0.723. The summed E-state index contributed by atoms with van der Waals surface area (Å²) in [5.41, 5.74) is 1.21. The van der Waals surface area contributed by atoms with E-state index in [1.807, 2.05) is 0 Å². The number of hydrogen-bond donors (Lipinski definition) is 0. The molecule has 2 heterocycles. The van der Waals surface area contributed by atoms with E-state index in [4.69, 9.17) is 18.6 Å². The van der Waals surface area contributed by atoms with E-state index in [2.05, 4.69) is 170 Å². The first-order valence-corrected chi connectivity index (χ1v) is 31.3. The van der Waals surface area contributed by atoms with Crippen molar-refractivity contribution >= 4 is 78.2 Å². The molecule has 2 aromatic carbocycles. The second-order valence-electron chi connectivity index (χ2n) is 19.8. The standard InChI is InChI=1S/2C18H33BO2Si2/c2*1-17(2)18(3,4)21-19(20-17)14-11-12-15(22(5,6)7)16(13-14)23(8,9)10/h2*11-13H,1-10H3. The van der Waals surface area contributed by atoms with Crippen LogP contribution in [0.5, 0.6) is 0 Å². The second kappa shape index (κ2) is 12.6. The number of benzene rings is 2. The van der Waals surface area contributed by atoms with Crippen molar-refractivity contribution in [3.8, 4) is 0 Å². The van der Waals surface area contributed by atoms with Crippen LogP contribution in [-0.4, -0.2) is 68.9 Å². The highest BCUT2D eigenvalue weighted by atomic mass is 28.3. The molecule has 10 heteroatoms. The van der Waals surface area contributed by atoms with E-state index < -0.39 is 32.3 Å². The third-order valence-corrected chi connectivity index (χ3v) is 19.0. The summed E-state index contributed by atoms with van der Waals surface area (Å²) in [4.78, 5) is 0. The van der Waals surface area contributed by atoms with Gasteiger partial charge in [-0.15, -0.1) is 0 Å². The van der Waals surface area contributed by atoms with Crippen LogP contribution in [0.4, 0.5) is 0 Å². The van der Waals surface area contributed by atoms with Gasteiger partial charge < -0.3 is 18.6 Å². The summed E-state index contributed by atoms with van der Waals surface area (Å²) in [6, 6.07) is 13.9. The minimum absolute atomic E-state index is 0.259. The monoisotopic (exact) mass is 696 g/mol. The highest BCUT2D eigenvalue weighted by Gasteiger charge is 2.53. The average molecular weight is 697 g/mol. The van der Waals surface area contributed by atoms with Crippen molar-refractivity contribution in [2.45, 2.75) is 156 Å². The van der Waals surface area contributed by atoms with Crippen LogP contribution in [0.2, 0.25) is 78.6 Å². The molecule has 0 atom stereocenters. The molecule has 0 aromatic heterocycles. The zero-order chi connectivity index (χ0) is 35.7. The molecule has 2 aliphatic heterocycles. The molecule has 0 unspecified atom stereocenters. The van der Waals surface area contributed by atoms with Crippen LogP contribution in [0.3, 0.4) is 0 Å². The predicted octanol–water partition coefficient (Wildman–Crippen LogP) is 6.15. The molecule has 0 saturated carbocycles. The van der Waals surface area contributed by atoms with Gasteiger partial charge in [-0.3, -0.25) is 0 Å². The van der Waals surface area contributed by atoms with Crippen LogP contribution in [0, 0.1) is 0 Å². The lowest BCUT2D eigenvalue weighted by molar-refractivity contribution is 0.00578. The summed E-state index contributed by atoms with van der Waals surface area (Å²) >= 11 is 0. The van der Waals surface area contributed by atoms with Gasteiger partial charge in [0.15, 0.2) is 0 Å².